The highest BCUT2D eigenvalue weighted by Crippen LogP contribution is 2.07. The van der Waals surface area contributed by atoms with Crippen molar-refractivity contribution >= 4 is 5.96 Å². The Kier molecular flexibility index (Phi) is 8.74. The van der Waals surface area contributed by atoms with Crippen molar-refractivity contribution in [3.8, 4) is 0 Å². The Hall–Kier alpha value is -1.52. The number of hydrogen-bond acceptors (Lipinski definition) is 2. The number of aromatic nitrogens is 2. The lowest BCUT2D eigenvalue weighted by Gasteiger charge is -2.17. The average molecular weight is 322 g/mol. The van der Waals surface area contributed by atoms with Crippen LogP contribution in [0.3, 0.4) is 0 Å². The van der Waals surface area contributed by atoms with Crippen LogP contribution in [0.4, 0.5) is 0 Å². The highest BCUT2D eigenvalue weighted by Gasteiger charge is 2.08. The summed E-state index contributed by atoms with van der Waals surface area (Å²) in [5.74, 6) is 2.10. The molecule has 1 aromatic heterocycles. The molecule has 23 heavy (non-hydrogen) atoms. The van der Waals surface area contributed by atoms with Crippen molar-refractivity contribution in [2.75, 3.05) is 19.6 Å². The van der Waals surface area contributed by atoms with Crippen molar-refractivity contribution in [1.29, 1.82) is 0 Å². The minimum atomic E-state index is 0.455. The number of rotatable bonds is 9. The summed E-state index contributed by atoms with van der Waals surface area (Å²) in [6.07, 6.45) is 2.41. The predicted molar refractivity (Wildman–Crippen MR) is 98.9 cm³/mol. The molecule has 0 aliphatic heterocycles. The van der Waals surface area contributed by atoms with Crippen LogP contribution in [0, 0.1) is 25.7 Å². The van der Waals surface area contributed by atoms with Gasteiger partial charge in [0.05, 0.1) is 5.69 Å². The number of guanidine groups is 1. The molecule has 0 saturated carbocycles. The van der Waals surface area contributed by atoms with E-state index < -0.39 is 0 Å². The maximum Gasteiger partial charge on any atom is 0.191 e. The summed E-state index contributed by atoms with van der Waals surface area (Å²) < 4.78 is 2.08. The van der Waals surface area contributed by atoms with E-state index in [1.54, 1.807) is 0 Å². The Morgan fingerprint density at radius 1 is 1.22 bits per heavy atom. The SMILES string of the molecule is CCNC(=NCC(C)Cn1nc(C)cc1C)NCC(CC)CC. The van der Waals surface area contributed by atoms with Crippen molar-refractivity contribution in [1.82, 2.24) is 20.4 Å². The van der Waals surface area contributed by atoms with Gasteiger partial charge in [0.2, 0.25) is 0 Å². The van der Waals surface area contributed by atoms with Crippen molar-refractivity contribution in [3.05, 3.63) is 17.5 Å². The Bertz CT molecular complexity index is 474. The third-order valence-electron chi connectivity index (χ3n) is 4.21. The van der Waals surface area contributed by atoms with Crippen LogP contribution in [0.15, 0.2) is 11.1 Å². The second-order valence-corrected chi connectivity index (χ2v) is 6.50. The second-order valence-electron chi connectivity index (χ2n) is 6.50. The molecular formula is C18H35N5. The molecule has 0 aliphatic rings. The molecule has 1 aromatic rings. The first-order valence-corrected chi connectivity index (χ1v) is 9.03. The smallest absolute Gasteiger partial charge is 0.191 e. The highest BCUT2D eigenvalue weighted by atomic mass is 15.3. The molecule has 5 heteroatoms. The van der Waals surface area contributed by atoms with Crippen molar-refractivity contribution in [2.45, 2.75) is 60.9 Å². The van der Waals surface area contributed by atoms with Gasteiger partial charge in [-0.1, -0.05) is 33.6 Å². The quantitative estimate of drug-likeness (QED) is 0.543. The predicted octanol–water partition coefficient (Wildman–Crippen LogP) is 3.13. The first-order valence-electron chi connectivity index (χ1n) is 9.03. The van der Waals surface area contributed by atoms with Crippen LogP contribution in [0.2, 0.25) is 0 Å². The van der Waals surface area contributed by atoms with Gasteiger partial charge in [0.15, 0.2) is 5.96 Å². The van der Waals surface area contributed by atoms with E-state index in [0.717, 1.165) is 37.8 Å². The summed E-state index contributed by atoms with van der Waals surface area (Å²) in [5, 5.41) is 11.3. The van der Waals surface area contributed by atoms with E-state index in [1.165, 1.54) is 18.5 Å². The van der Waals surface area contributed by atoms with Gasteiger partial charge in [-0.25, -0.2) is 0 Å². The fraction of sp³-hybridized carbons (Fsp3) is 0.778. The van der Waals surface area contributed by atoms with E-state index in [-0.39, 0.29) is 0 Å². The van der Waals surface area contributed by atoms with Crippen LogP contribution in [-0.4, -0.2) is 35.4 Å². The van der Waals surface area contributed by atoms with Crippen molar-refractivity contribution < 1.29 is 0 Å². The fourth-order valence-corrected chi connectivity index (χ4v) is 2.62. The molecule has 0 radical (unpaired) electrons. The van der Waals surface area contributed by atoms with Gasteiger partial charge in [-0.2, -0.15) is 5.10 Å². The molecule has 1 rings (SSSR count). The summed E-state index contributed by atoms with van der Waals surface area (Å²) in [4.78, 5) is 4.74. The zero-order valence-electron chi connectivity index (χ0n) is 15.8. The van der Waals surface area contributed by atoms with E-state index in [2.05, 4.69) is 61.1 Å². The molecule has 0 amide bonds. The van der Waals surface area contributed by atoms with E-state index in [0.29, 0.717) is 11.8 Å². The lowest BCUT2D eigenvalue weighted by atomic mass is 10.0. The van der Waals surface area contributed by atoms with Gasteiger partial charge in [-0.05, 0) is 38.7 Å². The van der Waals surface area contributed by atoms with E-state index in [4.69, 9.17) is 4.99 Å². The molecule has 0 aromatic carbocycles. The lowest BCUT2D eigenvalue weighted by Crippen LogP contribution is -2.40. The topological polar surface area (TPSA) is 54.2 Å². The van der Waals surface area contributed by atoms with Gasteiger partial charge in [0, 0.05) is 31.9 Å². The molecule has 0 saturated heterocycles. The molecule has 1 heterocycles. The molecule has 0 fully saturated rings. The van der Waals surface area contributed by atoms with Crippen LogP contribution < -0.4 is 10.6 Å². The third-order valence-corrected chi connectivity index (χ3v) is 4.21. The maximum absolute atomic E-state index is 4.74. The standard InChI is InChI=1S/C18H35N5/c1-7-17(8-2)12-21-18(19-9-3)20-11-14(4)13-23-16(6)10-15(5)22-23/h10,14,17H,7-9,11-13H2,1-6H3,(H2,19,20,21). The minimum absolute atomic E-state index is 0.455. The largest absolute Gasteiger partial charge is 0.357 e. The monoisotopic (exact) mass is 321 g/mol. The number of hydrogen-bond donors (Lipinski definition) is 2. The second kappa shape index (κ2) is 10.3. The molecule has 0 aliphatic carbocycles. The number of nitrogens with one attached hydrogen (secondary N) is 2. The Balaban J connectivity index is 2.53. The van der Waals surface area contributed by atoms with E-state index in [9.17, 15) is 0 Å². The van der Waals surface area contributed by atoms with Crippen LogP contribution in [0.5, 0.6) is 0 Å². The zero-order chi connectivity index (χ0) is 17.2. The molecular weight excluding hydrogens is 286 g/mol. The Labute approximate surface area is 142 Å². The van der Waals surface area contributed by atoms with Crippen molar-refractivity contribution in [2.24, 2.45) is 16.8 Å². The zero-order valence-corrected chi connectivity index (χ0v) is 15.8. The number of aryl methyl sites for hydroxylation is 2. The lowest BCUT2D eigenvalue weighted by molar-refractivity contribution is 0.448. The third kappa shape index (κ3) is 7.06. The van der Waals surface area contributed by atoms with Crippen molar-refractivity contribution in [3.63, 3.8) is 0 Å². The molecule has 5 nitrogen and oxygen atoms in total. The van der Waals surface area contributed by atoms with E-state index in [1.807, 2.05) is 6.92 Å². The minimum Gasteiger partial charge on any atom is -0.357 e. The Morgan fingerprint density at radius 3 is 2.43 bits per heavy atom. The maximum atomic E-state index is 4.74. The molecule has 0 bridgehead atoms. The van der Waals surface area contributed by atoms with Crippen LogP contribution in [0.1, 0.15) is 51.9 Å². The normalized spacial score (nSPS) is 13.4. The summed E-state index contributed by atoms with van der Waals surface area (Å²) in [5.41, 5.74) is 2.30. The molecule has 0 spiro atoms. The Morgan fingerprint density at radius 2 is 1.91 bits per heavy atom. The van der Waals surface area contributed by atoms with Gasteiger partial charge in [-0.15, -0.1) is 0 Å². The number of nitrogens with zero attached hydrogens (tertiary/aromatic N) is 3. The van der Waals surface area contributed by atoms with Gasteiger partial charge in [0.25, 0.3) is 0 Å². The molecule has 1 atom stereocenters. The summed E-state index contributed by atoms with van der Waals surface area (Å²) in [7, 11) is 0. The summed E-state index contributed by atoms with van der Waals surface area (Å²) in [6.45, 7) is 16.6. The molecule has 1 unspecified atom stereocenters. The fourth-order valence-electron chi connectivity index (χ4n) is 2.62. The van der Waals surface area contributed by atoms with Crippen LogP contribution in [0.25, 0.3) is 0 Å². The van der Waals surface area contributed by atoms with Crippen LogP contribution in [-0.2, 0) is 6.54 Å². The highest BCUT2D eigenvalue weighted by molar-refractivity contribution is 5.79. The van der Waals surface area contributed by atoms with Gasteiger partial charge in [-0.3, -0.25) is 9.67 Å². The van der Waals surface area contributed by atoms with Gasteiger partial charge in [0.1, 0.15) is 0 Å². The van der Waals surface area contributed by atoms with E-state index >= 15 is 0 Å². The summed E-state index contributed by atoms with van der Waals surface area (Å²) >= 11 is 0. The first-order chi connectivity index (χ1) is 11.0. The molecule has 132 valence electrons. The average Bonchev–Trinajstić information content (AvgIpc) is 2.83. The summed E-state index contributed by atoms with van der Waals surface area (Å²) in [6, 6.07) is 2.12. The van der Waals surface area contributed by atoms with Crippen LogP contribution >= 0.6 is 0 Å². The molecule has 2 N–H and O–H groups in total. The van der Waals surface area contributed by atoms with Gasteiger partial charge >= 0.3 is 0 Å². The van der Waals surface area contributed by atoms with Gasteiger partial charge < -0.3 is 10.6 Å². The first kappa shape index (κ1) is 19.5. The number of aliphatic imine (C=N–C) groups is 1.